The Balaban J connectivity index is 1.24. The molecule has 1 N–H and O–H groups in total. The molecule has 4 atom stereocenters. The first-order valence-corrected chi connectivity index (χ1v) is 10.9. The summed E-state index contributed by atoms with van der Waals surface area (Å²) in [5, 5.41) is 3.21. The Morgan fingerprint density at radius 2 is 2.10 bits per heavy atom. The van der Waals surface area contributed by atoms with Crippen molar-refractivity contribution in [1.82, 2.24) is 15.2 Å². The lowest BCUT2D eigenvalue weighted by molar-refractivity contribution is 0.0125. The zero-order valence-electron chi connectivity index (χ0n) is 16.4. The maximum Gasteiger partial charge on any atom is 0.251 e. The highest BCUT2D eigenvalue weighted by atomic mass is 32.1. The third kappa shape index (κ3) is 3.84. The molecule has 8 heteroatoms. The molecule has 0 bridgehead atoms. The third-order valence-corrected chi connectivity index (χ3v) is 7.07. The Bertz CT molecular complexity index is 875. The molecule has 29 heavy (non-hydrogen) atoms. The fraction of sp³-hybridized carbons (Fsp3) is 0.524. The van der Waals surface area contributed by atoms with E-state index < -0.39 is 0 Å². The number of ether oxygens (including phenoxy) is 3. The fourth-order valence-corrected chi connectivity index (χ4v) is 5.52. The topological polar surface area (TPSA) is 72.9 Å². The first-order chi connectivity index (χ1) is 14.2. The number of benzene rings is 1. The van der Waals surface area contributed by atoms with Gasteiger partial charge in [-0.05, 0) is 42.9 Å². The first-order valence-electron chi connectivity index (χ1n) is 10.0. The molecule has 3 aliphatic rings. The zero-order valence-corrected chi connectivity index (χ0v) is 17.2. The van der Waals surface area contributed by atoms with Gasteiger partial charge in [-0.2, -0.15) is 0 Å². The van der Waals surface area contributed by atoms with Crippen LogP contribution in [-0.4, -0.2) is 54.9 Å². The summed E-state index contributed by atoms with van der Waals surface area (Å²) in [5.74, 6) is 2.42. The lowest BCUT2D eigenvalue weighted by atomic mass is 9.77. The molecule has 0 unspecified atom stereocenters. The first kappa shape index (κ1) is 18.8. The van der Waals surface area contributed by atoms with Gasteiger partial charge in [-0.1, -0.05) is 0 Å². The van der Waals surface area contributed by atoms with E-state index in [1.165, 1.54) is 4.88 Å². The average Bonchev–Trinajstić information content (AvgIpc) is 3.47. The molecule has 0 radical (unpaired) electrons. The van der Waals surface area contributed by atoms with Crippen LogP contribution in [0.15, 0.2) is 29.9 Å². The van der Waals surface area contributed by atoms with Crippen molar-refractivity contribution < 1.29 is 19.0 Å². The van der Waals surface area contributed by atoms with Gasteiger partial charge >= 0.3 is 0 Å². The summed E-state index contributed by atoms with van der Waals surface area (Å²) in [5.41, 5.74) is 2.48. The van der Waals surface area contributed by atoms with E-state index in [4.69, 9.17) is 14.2 Å². The van der Waals surface area contributed by atoms with E-state index in [2.05, 4.69) is 15.2 Å². The molecule has 2 fully saturated rings. The van der Waals surface area contributed by atoms with E-state index in [1.807, 2.05) is 11.7 Å². The number of carbonyl (C=O) groups is 1. The van der Waals surface area contributed by atoms with E-state index in [0.717, 1.165) is 32.5 Å². The number of hydrogen-bond acceptors (Lipinski definition) is 7. The lowest BCUT2D eigenvalue weighted by Gasteiger charge is -2.37. The number of likely N-dealkylation sites (tertiary alicyclic amines) is 1. The number of fused-ring (bicyclic) bond motifs is 2. The van der Waals surface area contributed by atoms with Crippen molar-refractivity contribution in [2.45, 2.75) is 31.5 Å². The monoisotopic (exact) mass is 415 g/mol. The molecule has 3 heterocycles. The van der Waals surface area contributed by atoms with Gasteiger partial charge in [0, 0.05) is 43.4 Å². The molecule has 1 saturated heterocycles. The number of thiazole rings is 1. The second kappa shape index (κ2) is 7.93. The van der Waals surface area contributed by atoms with Crippen LogP contribution >= 0.6 is 11.3 Å². The normalized spacial score (nSPS) is 28.3. The van der Waals surface area contributed by atoms with Gasteiger partial charge in [0.2, 0.25) is 6.79 Å². The zero-order chi connectivity index (χ0) is 19.8. The van der Waals surface area contributed by atoms with Gasteiger partial charge in [-0.15, -0.1) is 11.3 Å². The number of aromatic nitrogens is 1. The van der Waals surface area contributed by atoms with E-state index in [1.54, 1.807) is 36.6 Å². The molecule has 1 aromatic carbocycles. The molecule has 0 spiro atoms. The molecule has 5 rings (SSSR count). The Morgan fingerprint density at radius 1 is 1.28 bits per heavy atom. The van der Waals surface area contributed by atoms with E-state index >= 15 is 0 Å². The highest BCUT2D eigenvalue weighted by Gasteiger charge is 2.43. The van der Waals surface area contributed by atoms with Crippen molar-refractivity contribution in [3.63, 3.8) is 0 Å². The van der Waals surface area contributed by atoms with Gasteiger partial charge in [0.25, 0.3) is 5.91 Å². The summed E-state index contributed by atoms with van der Waals surface area (Å²) >= 11 is 1.71. The minimum Gasteiger partial charge on any atom is -0.454 e. The predicted molar refractivity (Wildman–Crippen MR) is 108 cm³/mol. The van der Waals surface area contributed by atoms with Gasteiger partial charge in [0.15, 0.2) is 11.5 Å². The summed E-state index contributed by atoms with van der Waals surface area (Å²) < 4.78 is 16.5. The summed E-state index contributed by atoms with van der Waals surface area (Å²) in [6.07, 6.45) is 3.92. The Hall–Kier alpha value is -2.16. The Labute approximate surface area is 174 Å². The number of hydrogen-bond donors (Lipinski definition) is 1. The fourth-order valence-electron chi connectivity index (χ4n) is 4.88. The Morgan fingerprint density at radius 3 is 2.90 bits per heavy atom. The van der Waals surface area contributed by atoms with Gasteiger partial charge < -0.3 is 19.5 Å². The van der Waals surface area contributed by atoms with E-state index in [-0.39, 0.29) is 24.8 Å². The third-order valence-electron chi connectivity index (χ3n) is 6.31. The average molecular weight is 416 g/mol. The van der Waals surface area contributed by atoms with Gasteiger partial charge in [0.05, 0.1) is 17.7 Å². The van der Waals surface area contributed by atoms with Crippen molar-refractivity contribution in [2.75, 3.05) is 27.0 Å². The second-order valence-electron chi connectivity index (χ2n) is 8.08. The van der Waals surface area contributed by atoms with Gasteiger partial charge in [-0.25, -0.2) is 0 Å². The van der Waals surface area contributed by atoms with Gasteiger partial charge in [0.1, 0.15) is 0 Å². The minimum atomic E-state index is -0.0895. The number of carbonyl (C=O) groups excluding carboxylic acids is 1. The number of nitrogens with one attached hydrogen (secondary N) is 1. The van der Waals surface area contributed by atoms with Gasteiger partial charge in [-0.3, -0.25) is 14.7 Å². The molecule has 1 aromatic heterocycles. The summed E-state index contributed by atoms with van der Waals surface area (Å²) in [7, 11) is 1.74. The van der Waals surface area contributed by atoms with Crippen LogP contribution in [0.1, 0.15) is 28.1 Å². The van der Waals surface area contributed by atoms with Crippen LogP contribution in [0.2, 0.25) is 0 Å². The van der Waals surface area contributed by atoms with Crippen molar-refractivity contribution in [1.29, 1.82) is 0 Å². The number of amides is 1. The Kier molecular flexibility index (Phi) is 5.15. The van der Waals surface area contributed by atoms with Crippen molar-refractivity contribution in [3.8, 4) is 11.5 Å². The second-order valence-corrected chi connectivity index (χ2v) is 9.05. The largest absolute Gasteiger partial charge is 0.454 e. The molecule has 2 aliphatic heterocycles. The van der Waals surface area contributed by atoms with Crippen LogP contribution < -0.4 is 14.8 Å². The molecule has 7 nitrogen and oxygen atoms in total. The molecule has 1 amide bonds. The maximum atomic E-state index is 12.9. The SMILES string of the molecule is CO[C@H]1C[C@@H]2CN(Cc3cncs3)C[C@@H]2C[C@@H]1NC(=O)c1ccc2c(c1)OCO2. The van der Waals surface area contributed by atoms with E-state index in [0.29, 0.717) is 28.9 Å². The molecular formula is C21H25N3O4S. The van der Waals surface area contributed by atoms with Crippen LogP contribution in [0.4, 0.5) is 0 Å². The molecule has 1 saturated carbocycles. The highest BCUT2D eigenvalue weighted by Crippen LogP contribution is 2.38. The number of methoxy groups -OCH3 is 1. The standard InChI is InChI=1S/C21H25N3O4S/c1-26-19-6-15-9-24(10-16-7-22-11-29-16)8-14(15)4-17(19)23-21(25)13-2-3-18-20(5-13)28-12-27-18/h2-3,5,7,11,14-15,17,19H,4,6,8-10,12H2,1H3,(H,23,25)/t14-,15+,17-,19-/m0/s1. The van der Waals surface area contributed by atoms with Crippen LogP contribution in [0.25, 0.3) is 0 Å². The summed E-state index contributed by atoms with van der Waals surface area (Å²) in [6, 6.07) is 5.33. The van der Waals surface area contributed by atoms with Crippen molar-refractivity contribution in [2.24, 2.45) is 11.8 Å². The van der Waals surface area contributed by atoms with Crippen molar-refractivity contribution >= 4 is 17.2 Å². The minimum absolute atomic E-state index is 0.0162. The molecule has 154 valence electrons. The number of nitrogens with zero attached hydrogens (tertiary/aromatic N) is 2. The quantitative estimate of drug-likeness (QED) is 0.809. The molecule has 1 aliphatic carbocycles. The van der Waals surface area contributed by atoms with E-state index in [9.17, 15) is 4.79 Å². The lowest BCUT2D eigenvalue weighted by Crippen LogP contribution is -2.50. The van der Waals surface area contributed by atoms with Crippen LogP contribution in [0.5, 0.6) is 11.5 Å². The summed E-state index contributed by atoms with van der Waals surface area (Å²) in [4.78, 5) is 20.9. The van der Waals surface area contributed by atoms with Crippen molar-refractivity contribution in [3.05, 3.63) is 40.3 Å². The molecular weight excluding hydrogens is 390 g/mol. The highest BCUT2D eigenvalue weighted by molar-refractivity contribution is 7.09. The van der Waals surface area contributed by atoms with Crippen LogP contribution in [-0.2, 0) is 11.3 Å². The maximum absolute atomic E-state index is 12.9. The van der Waals surface area contributed by atoms with Crippen LogP contribution in [0.3, 0.4) is 0 Å². The number of rotatable bonds is 5. The summed E-state index contributed by atoms with van der Waals surface area (Å²) in [6.45, 7) is 3.32. The predicted octanol–water partition coefficient (Wildman–Crippen LogP) is 2.53. The molecule has 2 aromatic rings. The van der Waals surface area contributed by atoms with Crippen LogP contribution in [0, 0.1) is 11.8 Å². The smallest absolute Gasteiger partial charge is 0.251 e.